The highest BCUT2D eigenvalue weighted by Gasteiger charge is 2.18. The summed E-state index contributed by atoms with van der Waals surface area (Å²) in [5, 5.41) is 10.2. The summed E-state index contributed by atoms with van der Waals surface area (Å²) in [6.45, 7) is -0.116. The van der Waals surface area contributed by atoms with Crippen molar-refractivity contribution in [2.24, 2.45) is 0 Å². The van der Waals surface area contributed by atoms with E-state index in [1.54, 1.807) is 18.2 Å². The van der Waals surface area contributed by atoms with Crippen molar-refractivity contribution in [3.05, 3.63) is 59.2 Å². The molecule has 1 heterocycles. The molecule has 0 aliphatic carbocycles. The van der Waals surface area contributed by atoms with E-state index in [0.29, 0.717) is 16.6 Å². The molecule has 106 valence electrons. The minimum absolute atomic E-state index is 0.116. The summed E-state index contributed by atoms with van der Waals surface area (Å²) in [5.74, 6) is -2.95. The average Bonchev–Trinajstić information content (AvgIpc) is 2.92. The quantitative estimate of drug-likeness (QED) is 0.752. The molecule has 1 N–H and O–H groups in total. The summed E-state index contributed by atoms with van der Waals surface area (Å²) >= 11 is 0. The van der Waals surface area contributed by atoms with Crippen molar-refractivity contribution in [2.75, 3.05) is 0 Å². The Hall–Kier alpha value is -2.83. The number of rotatable bonds is 3. The highest BCUT2D eigenvalue weighted by Crippen LogP contribution is 2.16. The fourth-order valence-electron chi connectivity index (χ4n) is 1.89. The number of esters is 1. The SMILES string of the molecule is O=C(OCc1ccc2n[nH]nc2c1)c1c(F)cccc1F. The number of benzene rings is 2. The Morgan fingerprint density at radius 2 is 1.81 bits per heavy atom. The Morgan fingerprint density at radius 3 is 2.57 bits per heavy atom. The second-order valence-electron chi connectivity index (χ2n) is 4.32. The number of nitrogens with zero attached hydrogens (tertiary/aromatic N) is 2. The Labute approximate surface area is 117 Å². The van der Waals surface area contributed by atoms with Crippen LogP contribution in [0.2, 0.25) is 0 Å². The minimum Gasteiger partial charge on any atom is -0.457 e. The van der Waals surface area contributed by atoms with Crippen molar-refractivity contribution in [2.45, 2.75) is 6.61 Å². The van der Waals surface area contributed by atoms with Crippen molar-refractivity contribution in [3.63, 3.8) is 0 Å². The van der Waals surface area contributed by atoms with Crippen LogP contribution in [-0.4, -0.2) is 21.4 Å². The lowest BCUT2D eigenvalue weighted by Gasteiger charge is -2.06. The van der Waals surface area contributed by atoms with E-state index in [1.165, 1.54) is 6.07 Å². The number of aromatic nitrogens is 3. The Kier molecular flexibility index (Phi) is 3.31. The zero-order valence-corrected chi connectivity index (χ0v) is 10.6. The number of ether oxygens (including phenoxy) is 1. The van der Waals surface area contributed by atoms with Gasteiger partial charge in [0.1, 0.15) is 34.8 Å². The first-order valence-corrected chi connectivity index (χ1v) is 6.05. The summed E-state index contributed by atoms with van der Waals surface area (Å²) in [6.07, 6.45) is 0. The van der Waals surface area contributed by atoms with Gasteiger partial charge in [0.15, 0.2) is 0 Å². The molecule has 0 aliphatic rings. The van der Waals surface area contributed by atoms with E-state index in [9.17, 15) is 13.6 Å². The number of hydrogen-bond donors (Lipinski definition) is 1. The molecule has 0 saturated carbocycles. The molecule has 0 saturated heterocycles. The van der Waals surface area contributed by atoms with Crippen molar-refractivity contribution in [3.8, 4) is 0 Å². The number of H-pyrrole nitrogens is 1. The van der Waals surface area contributed by atoms with Crippen LogP contribution in [0, 0.1) is 11.6 Å². The van der Waals surface area contributed by atoms with Gasteiger partial charge < -0.3 is 4.74 Å². The Balaban J connectivity index is 1.76. The fraction of sp³-hybridized carbons (Fsp3) is 0.0714. The van der Waals surface area contributed by atoms with Gasteiger partial charge in [-0.2, -0.15) is 15.4 Å². The molecule has 0 atom stereocenters. The van der Waals surface area contributed by atoms with Gasteiger partial charge in [0.2, 0.25) is 0 Å². The van der Waals surface area contributed by atoms with E-state index < -0.39 is 23.2 Å². The number of fused-ring (bicyclic) bond motifs is 1. The van der Waals surface area contributed by atoms with Gasteiger partial charge in [-0.15, -0.1) is 0 Å². The average molecular weight is 289 g/mol. The molecule has 0 bridgehead atoms. The fourth-order valence-corrected chi connectivity index (χ4v) is 1.89. The summed E-state index contributed by atoms with van der Waals surface area (Å²) in [7, 11) is 0. The predicted octanol–water partition coefficient (Wildman–Crippen LogP) is 2.59. The second-order valence-corrected chi connectivity index (χ2v) is 4.32. The van der Waals surface area contributed by atoms with Crippen LogP contribution in [0.4, 0.5) is 8.78 Å². The molecule has 0 radical (unpaired) electrons. The monoisotopic (exact) mass is 289 g/mol. The number of carbonyl (C=O) groups excluding carboxylic acids is 1. The standard InChI is InChI=1S/C14H9F2N3O2/c15-9-2-1-3-10(16)13(9)14(20)21-7-8-4-5-11-12(6-8)18-19-17-11/h1-6H,7H2,(H,17,18,19). The summed E-state index contributed by atoms with van der Waals surface area (Å²) < 4.78 is 31.8. The Bertz CT molecular complexity index is 797. The van der Waals surface area contributed by atoms with E-state index in [-0.39, 0.29) is 6.61 Å². The van der Waals surface area contributed by atoms with Crippen molar-refractivity contribution in [1.82, 2.24) is 15.4 Å². The molecule has 7 heteroatoms. The lowest BCUT2D eigenvalue weighted by Crippen LogP contribution is -2.10. The largest absolute Gasteiger partial charge is 0.457 e. The maximum absolute atomic E-state index is 13.4. The lowest BCUT2D eigenvalue weighted by molar-refractivity contribution is 0.0461. The first-order valence-electron chi connectivity index (χ1n) is 6.05. The molecule has 0 fully saturated rings. The zero-order valence-electron chi connectivity index (χ0n) is 10.6. The van der Waals surface area contributed by atoms with E-state index >= 15 is 0 Å². The molecule has 3 rings (SSSR count). The van der Waals surface area contributed by atoms with E-state index in [4.69, 9.17) is 4.74 Å². The van der Waals surface area contributed by atoms with Gasteiger partial charge in [-0.25, -0.2) is 13.6 Å². The first-order chi connectivity index (χ1) is 10.1. The molecule has 0 spiro atoms. The third-order valence-electron chi connectivity index (χ3n) is 2.92. The Morgan fingerprint density at radius 1 is 1.10 bits per heavy atom. The second kappa shape index (κ2) is 5.28. The number of halogens is 2. The first kappa shape index (κ1) is 13.2. The van der Waals surface area contributed by atoms with Crippen LogP contribution in [0.3, 0.4) is 0 Å². The van der Waals surface area contributed by atoms with Gasteiger partial charge in [-0.1, -0.05) is 12.1 Å². The highest BCUT2D eigenvalue weighted by atomic mass is 19.1. The predicted molar refractivity (Wildman–Crippen MR) is 69.4 cm³/mol. The van der Waals surface area contributed by atoms with Crippen LogP contribution < -0.4 is 0 Å². The molecule has 21 heavy (non-hydrogen) atoms. The lowest BCUT2D eigenvalue weighted by atomic mass is 10.2. The van der Waals surface area contributed by atoms with E-state index in [2.05, 4.69) is 15.4 Å². The van der Waals surface area contributed by atoms with Gasteiger partial charge in [0, 0.05) is 0 Å². The molecule has 0 aliphatic heterocycles. The number of nitrogens with one attached hydrogen (secondary N) is 1. The van der Waals surface area contributed by atoms with Crippen LogP contribution in [0.1, 0.15) is 15.9 Å². The van der Waals surface area contributed by atoms with Crippen LogP contribution >= 0.6 is 0 Å². The van der Waals surface area contributed by atoms with Crippen molar-refractivity contribution >= 4 is 17.0 Å². The van der Waals surface area contributed by atoms with Crippen LogP contribution in [0.25, 0.3) is 11.0 Å². The van der Waals surface area contributed by atoms with Crippen LogP contribution in [0.5, 0.6) is 0 Å². The molecular formula is C14H9F2N3O2. The van der Waals surface area contributed by atoms with E-state index in [0.717, 1.165) is 12.1 Å². The maximum atomic E-state index is 13.4. The van der Waals surface area contributed by atoms with Gasteiger partial charge in [-0.3, -0.25) is 0 Å². The highest BCUT2D eigenvalue weighted by molar-refractivity contribution is 5.90. The van der Waals surface area contributed by atoms with Gasteiger partial charge in [0.25, 0.3) is 0 Å². The van der Waals surface area contributed by atoms with Gasteiger partial charge in [0.05, 0.1) is 0 Å². The molecular weight excluding hydrogens is 280 g/mol. The van der Waals surface area contributed by atoms with Crippen molar-refractivity contribution in [1.29, 1.82) is 0 Å². The topological polar surface area (TPSA) is 67.9 Å². The smallest absolute Gasteiger partial charge is 0.344 e. The third kappa shape index (κ3) is 2.58. The number of aromatic amines is 1. The number of carbonyl (C=O) groups is 1. The summed E-state index contributed by atoms with van der Waals surface area (Å²) in [6, 6.07) is 8.24. The number of hydrogen-bond acceptors (Lipinski definition) is 4. The summed E-state index contributed by atoms with van der Waals surface area (Å²) in [4.78, 5) is 11.7. The van der Waals surface area contributed by atoms with E-state index in [1.807, 2.05) is 0 Å². The zero-order chi connectivity index (χ0) is 14.8. The maximum Gasteiger partial charge on any atom is 0.344 e. The normalized spacial score (nSPS) is 10.8. The molecule has 3 aromatic rings. The third-order valence-corrected chi connectivity index (χ3v) is 2.92. The van der Waals surface area contributed by atoms with Crippen LogP contribution in [0.15, 0.2) is 36.4 Å². The van der Waals surface area contributed by atoms with Gasteiger partial charge >= 0.3 is 5.97 Å². The molecule has 2 aromatic carbocycles. The van der Waals surface area contributed by atoms with Crippen LogP contribution in [-0.2, 0) is 11.3 Å². The molecule has 0 amide bonds. The minimum atomic E-state index is -1.05. The molecule has 0 unspecified atom stereocenters. The van der Waals surface area contributed by atoms with Gasteiger partial charge in [-0.05, 0) is 29.8 Å². The molecule has 5 nitrogen and oxygen atoms in total. The van der Waals surface area contributed by atoms with Crippen molar-refractivity contribution < 1.29 is 18.3 Å². The molecule has 1 aromatic heterocycles. The summed E-state index contributed by atoms with van der Waals surface area (Å²) in [5.41, 5.74) is 1.23.